The molecule has 0 radical (unpaired) electrons. The van der Waals surface area contributed by atoms with E-state index in [1.165, 1.54) is 7.11 Å². The first kappa shape index (κ1) is 14.4. The molecule has 5 heteroatoms. The summed E-state index contributed by atoms with van der Waals surface area (Å²) in [4.78, 5) is 0. The van der Waals surface area contributed by atoms with Gasteiger partial charge in [-0.3, -0.25) is 0 Å². The van der Waals surface area contributed by atoms with Crippen molar-refractivity contribution in [3.05, 3.63) is 41.5 Å². The summed E-state index contributed by atoms with van der Waals surface area (Å²) in [5.41, 5.74) is 1.96. The van der Waals surface area contributed by atoms with Crippen LogP contribution in [0.1, 0.15) is 17.0 Å². The molecule has 2 N–H and O–H groups in total. The number of aromatic hydroxyl groups is 2. The normalized spacial score (nSPS) is 16.5. The summed E-state index contributed by atoms with van der Waals surface area (Å²) in [7, 11) is 3.05. The molecule has 1 aliphatic rings. The van der Waals surface area contributed by atoms with Crippen LogP contribution >= 0.6 is 0 Å². The Morgan fingerprint density at radius 3 is 2.55 bits per heavy atom. The van der Waals surface area contributed by atoms with E-state index < -0.39 is 0 Å². The molecule has 0 aromatic heterocycles. The Kier molecular flexibility index (Phi) is 3.71. The fourth-order valence-corrected chi connectivity index (χ4v) is 2.86. The van der Waals surface area contributed by atoms with Crippen molar-refractivity contribution in [2.75, 3.05) is 20.8 Å². The zero-order valence-corrected chi connectivity index (χ0v) is 12.5. The lowest BCUT2D eigenvalue weighted by Gasteiger charge is -2.27. The summed E-state index contributed by atoms with van der Waals surface area (Å²) in [5.74, 6) is 1.89. The van der Waals surface area contributed by atoms with E-state index in [1.54, 1.807) is 25.3 Å². The summed E-state index contributed by atoms with van der Waals surface area (Å²) in [6, 6.07) is 8.57. The number of ether oxygens (including phenoxy) is 3. The maximum atomic E-state index is 9.87. The highest BCUT2D eigenvalue weighted by atomic mass is 16.5. The Morgan fingerprint density at radius 2 is 1.82 bits per heavy atom. The fourth-order valence-electron chi connectivity index (χ4n) is 2.86. The van der Waals surface area contributed by atoms with Crippen molar-refractivity contribution in [2.45, 2.75) is 12.3 Å². The molecular formula is C17H18O5. The van der Waals surface area contributed by atoms with Gasteiger partial charge < -0.3 is 24.4 Å². The van der Waals surface area contributed by atoms with E-state index in [0.717, 1.165) is 17.5 Å². The molecular weight excluding hydrogens is 284 g/mol. The van der Waals surface area contributed by atoms with E-state index in [9.17, 15) is 10.2 Å². The second-order valence-electron chi connectivity index (χ2n) is 5.24. The fraction of sp³-hybridized carbons (Fsp3) is 0.294. The van der Waals surface area contributed by atoms with Crippen molar-refractivity contribution in [1.29, 1.82) is 0 Å². The molecule has 2 aromatic carbocycles. The molecule has 1 heterocycles. The Morgan fingerprint density at radius 1 is 1.05 bits per heavy atom. The van der Waals surface area contributed by atoms with E-state index in [1.807, 2.05) is 12.1 Å². The lowest BCUT2D eigenvalue weighted by atomic mass is 9.89. The first-order chi connectivity index (χ1) is 10.6. The molecule has 2 aromatic rings. The Balaban J connectivity index is 1.98. The summed E-state index contributed by atoms with van der Waals surface area (Å²) in [6.45, 7) is 0.473. The van der Waals surface area contributed by atoms with Crippen molar-refractivity contribution in [1.82, 2.24) is 0 Å². The van der Waals surface area contributed by atoms with Crippen molar-refractivity contribution >= 4 is 0 Å². The van der Waals surface area contributed by atoms with Crippen LogP contribution in [0.4, 0.5) is 0 Å². The van der Waals surface area contributed by atoms with Gasteiger partial charge >= 0.3 is 0 Å². The quantitative estimate of drug-likeness (QED) is 0.912. The number of methoxy groups -OCH3 is 2. The molecule has 0 aliphatic carbocycles. The first-order valence-corrected chi connectivity index (χ1v) is 7.02. The molecule has 22 heavy (non-hydrogen) atoms. The minimum Gasteiger partial charge on any atom is -0.508 e. The Hall–Kier alpha value is -2.56. The predicted octanol–water partition coefficient (Wildman–Crippen LogP) is 2.83. The van der Waals surface area contributed by atoms with Crippen LogP contribution in [0.25, 0.3) is 0 Å². The van der Waals surface area contributed by atoms with Crippen LogP contribution in [0, 0.1) is 0 Å². The second-order valence-corrected chi connectivity index (χ2v) is 5.24. The Bertz CT molecular complexity index is 696. The van der Waals surface area contributed by atoms with Gasteiger partial charge in [-0.25, -0.2) is 0 Å². The third-order valence-electron chi connectivity index (χ3n) is 3.93. The van der Waals surface area contributed by atoms with Gasteiger partial charge in [0.15, 0.2) is 11.5 Å². The number of benzene rings is 2. The summed E-state index contributed by atoms with van der Waals surface area (Å²) in [6.07, 6.45) is 0.764. The second kappa shape index (κ2) is 5.67. The summed E-state index contributed by atoms with van der Waals surface area (Å²) < 4.78 is 16.4. The maximum absolute atomic E-state index is 9.87. The molecule has 1 aliphatic heterocycles. The van der Waals surface area contributed by atoms with Crippen LogP contribution in [0.3, 0.4) is 0 Å². The van der Waals surface area contributed by atoms with Gasteiger partial charge in [-0.15, -0.1) is 0 Å². The average Bonchev–Trinajstić information content (AvgIpc) is 2.54. The van der Waals surface area contributed by atoms with Crippen LogP contribution in [0.5, 0.6) is 28.7 Å². The van der Waals surface area contributed by atoms with Gasteiger partial charge in [-0.05, 0) is 24.1 Å². The van der Waals surface area contributed by atoms with Crippen molar-refractivity contribution in [2.24, 2.45) is 0 Å². The predicted molar refractivity (Wildman–Crippen MR) is 81.3 cm³/mol. The number of phenolic OH excluding ortho intramolecular Hbond substituents is 2. The molecule has 116 valence electrons. The van der Waals surface area contributed by atoms with Crippen LogP contribution < -0.4 is 14.2 Å². The topological polar surface area (TPSA) is 68.2 Å². The van der Waals surface area contributed by atoms with Crippen LogP contribution in [0.2, 0.25) is 0 Å². The lowest BCUT2D eigenvalue weighted by Crippen LogP contribution is -2.19. The zero-order valence-electron chi connectivity index (χ0n) is 12.5. The van der Waals surface area contributed by atoms with Gasteiger partial charge in [0, 0.05) is 17.5 Å². The standard InChI is InChI=1S/C17H18O5/c1-20-16-13(5-6-14(19)17(16)21-2)11-7-10-3-4-12(18)8-15(10)22-9-11/h3-6,8,11,18-19H,7,9H2,1-2H3/t11-/m1/s1. The van der Waals surface area contributed by atoms with Crippen LogP contribution in [-0.4, -0.2) is 31.0 Å². The third kappa shape index (κ3) is 2.39. The van der Waals surface area contributed by atoms with Crippen molar-refractivity contribution in [3.63, 3.8) is 0 Å². The van der Waals surface area contributed by atoms with Crippen molar-refractivity contribution < 1.29 is 24.4 Å². The molecule has 0 fully saturated rings. The average molecular weight is 302 g/mol. The number of fused-ring (bicyclic) bond motifs is 1. The van der Waals surface area contributed by atoms with E-state index in [4.69, 9.17) is 14.2 Å². The molecule has 0 amide bonds. The van der Waals surface area contributed by atoms with Gasteiger partial charge in [-0.2, -0.15) is 0 Å². The number of hydrogen-bond donors (Lipinski definition) is 2. The van der Waals surface area contributed by atoms with E-state index in [0.29, 0.717) is 23.9 Å². The van der Waals surface area contributed by atoms with E-state index in [2.05, 4.69) is 0 Å². The van der Waals surface area contributed by atoms with Gasteiger partial charge in [0.25, 0.3) is 0 Å². The smallest absolute Gasteiger partial charge is 0.203 e. The lowest BCUT2D eigenvalue weighted by molar-refractivity contribution is 0.255. The molecule has 0 bridgehead atoms. The third-order valence-corrected chi connectivity index (χ3v) is 3.93. The van der Waals surface area contributed by atoms with E-state index in [-0.39, 0.29) is 17.4 Å². The highest BCUT2D eigenvalue weighted by Gasteiger charge is 2.27. The maximum Gasteiger partial charge on any atom is 0.203 e. The van der Waals surface area contributed by atoms with Gasteiger partial charge in [-0.1, -0.05) is 12.1 Å². The molecule has 0 saturated carbocycles. The SMILES string of the molecule is COc1c(O)ccc([C@H]2COc3cc(O)ccc3C2)c1OC. The summed E-state index contributed by atoms with van der Waals surface area (Å²) >= 11 is 0. The zero-order chi connectivity index (χ0) is 15.7. The molecule has 5 nitrogen and oxygen atoms in total. The number of hydrogen-bond acceptors (Lipinski definition) is 5. The first-order valence-electron chi connectivity index (χ1n) is 7.02. The van der Waals surface area contributed by atoms with E-state index >= 15 is 0 Å². The molecule has 0 saturated heterocycles. The molecule has 0 unspecified atom stereocenters. The van der Waals surface area contributed by atoms with Gasteiger partial charge in [0.2, 0.25) is 5.75 Å². The Labute approximate surface area is 128 Å². The monoisotopic (exact) mass is 302 g/mol. The van der Waals surface area contributed by atoms with Crippen LogP contribution in [0.15, 0.2) is 30.3 Å². The number of phenols is 2. The minimum atomic E-state index is 0.0464. The summed E-state index contributed by atoms with van der Waals surface area (Å²) in [5, 5.41) is 19.4. The molecule has 0 spiro atoms. The largest absolute Gasteiger partial charge is 0.508 e. The molecule has 1 atom stereocenters. The highest BCUT2D eigenvalue weighted by Crippen LogP contribution is 2.44. The molecule has 3 rings (SSSR count). The van der Waals surface area contributed by atoms with Gasteiger partial charge in [0.1, 0.15) is 11.5 Å². The highest BCUT2D eigenvalue weighted by molar-refractivity contribution is 5.57. The number of rotatable bonds is 3. The van der Waals surface area contributed by atoms with Crippen molar-refractivity contribution in [3.8, 4) is 28.7 Å². The minimum absolute atomic E-state index is 0.0464. The van der Waals surface area contributed by atoms with Crippen LogP contribution in [-0.2, 0) is 6.42 Å². The van der Waals surface area contributed by atoms with Gasteiger partial charge in [0.05, 0.1) is 20.8 Å².